The summed E-state index contributed by atoms with van der Waals surface area (Å²) in [7, 11) is -1.70. The molecule has 2 rings (SSSR count). The number of carbonyl (C=O) groups is 3. The van der Waals surface area contributed by atoms with E-state index in [4.69, 9.17) is 5.11 Å². The van der Waals surface area contributed by atoms with Gasteiger partial charge < -0.3 is 15.3 Å². The summed E-state index contributed by atoms with van der Waals surface area (Å²) in [6.07, 6.45) is 4.62. The molecule has 0 bridgehead atoms. The Morgan fingerprint density at radius 3 is 2.50 bits per heavy atom. The Morgan fingerprint density at radius 2 is 1.86 bits per heavy atom. The van der Waals surface area contributed by atoms with Gasteiger partial charge in [0.15, 0.2) is 0 Å². The van der Waals surface area contributed by atoms with E-state index in [2.05, 4.69) is 5.32 Å². The highest BCUT2D eigenvalue weighted by molar-refractivity contribution is 7.86. The number of aliphatic carboxylic acids is 1. The number of hydrogen-bond donors (Lipinski definition) is 2. The van der Waals surface area contributed by atoms with Crippen molar-refractivity contribution in [3.8, 4) is 0 Å². The summed E-state index contributed by atoms with van der Waals surface area (Å²) in [5.74, 6) is -2.59. The molecule has 0 saturated carbocycles. The predicted octanol–water partition coefficient (Wildman–Crippen LogP) is 1.44. The average Bonchev–Trinajstić information content (AvgIpc) is 2.64. The molecule has 1 aliphatic rings. The van der Waals surface area contributed by atoms with Gasteiger partial charge in [-0.05, 0) is 37.0 Å². The fourth-order valence-corrected chi connectivity index (χ4v) is 4.21. The molecule has 1 aromatic carbocycles. The van der Waals surface area contributed by atoms with Crippen molar-refractivity contribution in [3.63, 3.8) is 0 Å². The zero-order valence-corrected chi connectivity index (χ0v) is 16.4. The molecule has 0 radical (unpaired) electrons. The van der Waals surface area contributed by atoms with E-state index in [-0.39, 0.29) is 30.6 Å². The fraction of sp³-hybridized carbons (Fsp3) is 0.526. The number of likely N-dealkylation sites (tertiary alicyclic amines) is 1. The van der Waals surface area contributed by atoms with Gasteiger partial charge >= 0.3 is 5.97 Å². The second kappa shape index (κ2) is 10.9. The quantitative estimate of drug-likeness (QED) is 0.399. The number of benzene rings is 1. The van der Waals surface area contributed by atoms with Crippen LogP contribution < -0.4 is 5.32 Å². The average molecular weight is 412 g/mol. The summed E-state index contributed by atoms with van der Waals surface area (Å²) in [5, 5.41) is 10.7. The van der Waals surface area contributed by atoms with Crippen LogP contribution in [-0.2, 0) is 31.6 Å². The lowest BCUT2D eigenvalue weighted by Gasteiger charge is -2.38. The van der Waals surface area contributed by atoms with Crippen molar-refractivity contribution in [3.05, 3.63) is 35.6 Å². The number of carboxylic acids is 1. The summed E-state index contributed by atoms with van der Waals surface area (Å²) < 4.78 is 24.7. The Balaban J connectivity index is 1.56. The van der Waals surface area contributed by atoms with Gasteiger partial charge in [0, 0.05) is 6.54 Å². The van der Waals surface area contributed by atoms with Crippen molar-refractivity contribution in [1.29, 1.82) is 0 Å². The number of hydrogen-bond acceptors (Lipinski definition) is 4. The summed E-state index contributed by atoms with van der Waals surface area (Å²) in [4.78, 5) is 35.3. The number of aryl methyl sites for hydroxylation is 1. The number of carboxylic acid groups (broad SMARTS) is 1. The lowest BCUT2D eigenvalue weighted by molar-refractivity contribution is -0.145. The Kier molecular flexibility index (Phi) is 8.56. The Labute approximate surface area is 165 Å². The van der Waals surface area contributed by atoms with Crippen LogP contribution in [0.4, 0.5) is 4.39 Å². The van der Waals surface area contributed by atoms with Crippen LogP contribution in [-0.4, -0.2) is 56.2 Å². The van der Waals surface area contributed by atoms with E-state index in [1.807, 2.05) is 0 Å². The molecule has 2 N–H and O–H groups in total. The van der Waals surface area contributed by atoms with E-state index >= 15 is 0 Å². The molecule has 2 unspecified atom stereocenters. The first kappa shape index (κ1) is 22.0. The minimum absolute atomic E-state index is 0.0151. The predicted molar refractivity (Wildman–Crippen MR) is 102 cm³/mol. The highest BCUT2D eigenvalue weighted by atomic mass is 32.2. The number of nitrogens with zero attached hydrogens (tertiary/aromatic N) is 1. The molecule has 0 aromatic heterocycles. The van der Waals surface area contributed by atoms with Crippen molar-refractivity contribution in [1.82, 2.24) is 10.2 Å². The van der Waals surface area contributed by atoms with Crippen LogP contribution in [0.5, 0.6) is 0 Å². The number of rotatable bonds is 12. The molecule has 9 heteroatoms. The minimum Gasteiger partial charge on any atom is -0.481 e. The van der Waals surface area contributed by atoms with E-state index in [1.54, 1.807) is 12.1 Å². The van der Waals surface area contributed by atoms with Gasteiger partial charge in [0.2, 0.25) is 11.8 Å². The minimum atomic E-state index is -1.70. The van der Waals surface area contributed by atoms with Crippen LogP contribution >= 0.6 is 0 Å². The van der Waals surface area contributed by atoms with Gasteiger partial charge in [-0.25, -0.2) is 4.39 Å². The molecule has 2 atom stereocenters. The summed E-state index contributed by atoms with van der Waals surface area (Å²) >= 11 is 0. The number of halogens is 1. The van der Waals surface area contributed by atoms with E-state index in [9.17, 15) is 23.0 Å². The molecule has 0 spiro atoms. The fourth-order valence-electron chi connectivity index (χ4n) is 2.96. The highest BCUT2D eigenvalue weighted by Crippen LogP contribution is 2.22. The molecule has 7 nitrogen and oxygen atoms in total. The number of unbranched alkanes of at least 4 members (excludes halogenated alkanes) is 3. The third-order valence-corrected chi connectivity index (χ3v) is 6.09. The van der Waals surface area contributed by atoms with E-state index < -0.39 is 27.9 Å². The Morgan fingerprint density at radius 1 is 1.18 bits per heavy atom. The van der Waals surface area contributed by atoms with Crippen LogP contribution in [0.1, 0.15) is 37.7 Å². The first-order valence-electron chi connectivity index (χ1n) is 9.26. The first-order valence-corrected chi connectivity index (χ1v) is 10.6. The molecule has 1 aromatic rings. The summed E-state index contributed by atoms with van der Waals surface area (Å²) in [6, 6.07) is 6.47. The molecule has 0 aliphatic carbocycles. The van der Waals surface area contributed by atoms with Crippen LogP contribution in [0.3, 0.4) is 0 Å². The summed E-state index contributed by atoms with van der Waals surface area (Å²) in [6.45, 7) is 0.291. The maximum atomic E-state index is 12.8. The molecule has 28 heavy (non-hydrogen) atoms. The lowest BCUT2D eigenvalue weighted by Crippen LogP contribution is -2.58. The van der Waals surface area contributed by atoms with Gasteiger partial charge in [0.25, 0.3) is 0 Å². The monoisotopic (exact) mass is 412 g/mol. The van der Waals surface area contributed by atoms with Gasteiger partial charge in [0.05, 0.1) is 17.2 Å². The normalized spacial score (nSPS) is 17.1. The Hall–Kier alpha value is -2.29. The Bertz CT molecular complexity index is 726. The molecule has 1 saturated heterocycles. The van der Waals surface area contributed by atoms with Crippen LogP contribution in [0.2, 0.25) is 0 Å². The number of nitrogens with one attached hydrogen (secondary N) is 1. The number of amides is 2. The van der Waals surface area contributed by atoms with Crippen molar-refractivity contribution >= 4 is 28.6 Å². The third-order valence-electron chi connectivity index (χ3n) is 4.53. The van der Waals surface area contributed by atoms with Gasteiger partial charge in [-0.15, -0.1) is 0 Å². The second-order valence-corrected chi connectivity index (χ2v) is 8.33. The van der Waals surface area contributed by atoms with Gasteiger partial charge in [-0.1, -0.05) is 25.0 Å². The van der Waals surface area contributed by atoms with E-state index in [1.165, 1.54) is 17.0 Å². The molecular formula is C19H25FN2O5S. The standard InChI is InChI=1S/C19H25FN2O5S/c20-15-8-6-14(7-9-15)5-3-1-2-4-10-21-16(23)12-22-17(24)11-18(22)28(27)13-19(25)26/h6-9,18H,1-5,10-13H2,(H,21,23)(H,25,26). The zero-order valence-electron chi connectivity index (χ0n) is 15.6. The molecule has 2 amide bonds. The van der Waals surface area contributed by atoms with Crippen molar-refractivity contribution in [2.45, 2.75) is 43.9 Å². The number of β-lactam (4-membered cyclic amide) rings is 1. The zero-order chi connectivity index (χ0) is 20.5. The highest BCUT2D eigenvalue weighted by Gasteiger charge is 2.41. The lowest BCUT2D eigenvalue weighted by atomic mass is 10.1. The SMILES string of the molecule is O=C(O)CS(=O)C1CC(=O)N1CC(=O)NCCCCCCc1ccc(F)cc1. The second-order valence-electron chi connectivity index (χ2n) is 6.74. The van der Waals surface area contributed by atoms with Crippen molar-refractivity contribution in [2.75, 3.05) is 18.8 Å². The van der Waals surface area contributed by atoms with Crippen LogP contribution in [0.15, 0.2) is 24.3 Å². The van der Waals surface area contributed by atoms with Crippen molar-refractivity contribution < 1.29 is 28.1 Å². The largest absolute Gasteiger partial charge is 0.481 e. The molecular weight excluding hydrogens is 387 g/mol. The maximum Gasteiger partial charge on any atom is 0.316 e. The van der Waals surface area contributed by atoms with Crippen LogP contribution in [0, 0.1) is 5.82 Å². The van der Waals surface area contributed by atoms with E-state index in [0.29, 0.717) is 6.54 Å². The molecule has 1 aliphatic heterocycles. The van der Waals surface area contributed by atoms with Crippen LogP contribution in [0.25, 0.3) is 0 Å². The maximum absolute atomic E-state index is 12.8. The van der Waals surface area contributed by atoms with Gasteiger partial charge in [-0.2, -0.15) is 0 Å². The molecule has 154 valence electrons. The smallest absolute Gasteiger partial charge is 0.316 e. The van der Waals surface area contributed by atoms with Crippen molar-refractivity contribution in [2.24, 2.45) is 0 Å². The molecule has 1 heterocycles. The van der Waals surface area contributed by atoms with Gasteiger partial charge in [0.1, 0.15) is 23.5 Å². The first-order chi connectivity index (χ1) is 13.4. The van der Waals surface area contributed by atoms with E-state index in [0.717, 1.165) is 37.7 Å². The topological polar surface area (TPSA) is 104 Å². The third kappa shape index (κ3) is 7.03. The molecule has 1 fully saturated rings. The van der Waals surface area contributed by atoms with Gasteiger partial charge in [-0.3, -0.25) is 18.6 Å². The number of carbonyl (C=O) groups excluding carboxylic acids is 2. The summed E-state index contributed by atoms with van der Waals surface area (Å²) in [5.41, 5.74) is 1.10.